The van der Waals surface area contributed by atoms with E-state index >= 15 is 0 Å². The second-order valence-electron chi connectivity index (χ2n) is 10.7. The molecule has 0 saturated carbocycles. The minimum Gasteiger partial charge on any atom is -0.457 e. The van der Waals surface area contributed by atoms with Crippen molar-refractivity contribution in [2.45, 2.75) is 38.1 Å². The molecular formula is C31H34FN5O6S. The average Bonchev–Trinajstić information content (AvgIpc) is 3.71. The van der Waals surface area contributed by atoms with Crippen LogP contribution in [-0.2, 0) is 19.1 Å². The number of nitrogens with zero attached hydrogens (tertiary/aromatic N) is 1. The zero-order chi connectivity index (χ0) is 31.2. The van der Waals surface area contributed by atoms with Crippen molar-refractivity contribution < 1.29 is 33.0 Å². The second kappa shape index (κ2) is 14.0. The number of benzene rings is 2. The van der Waals surface area contributed by atoms with Gasteiger partial charge in [-0.15, -0.1) is 11.3 Å². The number of halogens is 1. The topological polar surface area (TPSA) is 156 Å². The van der Waals surface area contributed by atoms with Gasteiger partial charge in [-0.2, -0.15) is 0 Å². The van der Waals surface area contributed by atoms with Gasteiger partial charge in [-0.05, 0) is 74.4 Å². The molecule has 1 aromatic heterocycles. The minimum absolute atomic E-state index is 0.0507. The molecule has 0 spiro atoms. The number of amides is 3. The monoisotopic (exact) mass is 623 g/mol. The molecule has 3 heterocycles. The Morgan fingerprint density at radius 3 is 2.39 bits per heavy atom. The first-order valence-corrected chi connectivity index (χ1v) is 15.1. The Morgan fingerprint density at radius 2 is 1.75 bits per heavy atom. The lowest BCUT2D eigenvalue weighted by Crippen LogP contribution is -2.49. The number of thiophene rings is 1. The van der Waals surface area contributed by atoms with Crippen LogP contribution >= 0.6 is 11.3 Å². The van der Waals surface area contributed by atoms with Gasteiger partial charge in [0, 0.05) is 33.8 Å². The van der Waals surface area contributed by atoms with E-state index in [0.29, 0.717) is 42.3 Å². The quantitative estimate of drug-likeness (QED) is 0.199. The summed E-state index contributed by atoms with van der Waals surface area (Å²) in [6.07, 6.45) is 0.610. The molecule has 5 N–H and O–H groups in total. The summed E-state index contributed by atoms with van der Waals surface area (Å²) in [5.41, 5.74) is 6.48. The second-order valence-corrected chi connectivity index (χ2v) is 11.6. The van der Waals surface area contributed by atoms with Gasteiger partial charge in [-0.3, -0.25) is 19.8 Å². The molecule has 0 radical (unpaired) electrons. The average molecular weight is 624 g/mol. The lowest BCUT2D eigenvalue weighted by atomic mass is 10.0. The molecule has 3 amide bonds. The highest BCUT2D eigenvalue weighted by Crippen LogP contribution is 2.31. The van der Waals surface area contributed by atoms with Gasteiger partial charge in [0.1, 0.15) is 29.2 Å². The van der Waals surface area contributed by atoms with E-state index in [1.807, 2.05) is 6.92 Å². The number of nitrogens with two attached hydrogens (primary N) is 1. The Labute approximate surface area is 258 Å². The molecule has 232 valence electrons. The summed E-state index contributed by atoms with van der Waals surface area (Å²) >= 11 is 1.39. The van der Waals surface area contributed by atoms with E-state index in [0.717, 1.165) is 11.3 Å². The van der Waals surface area contributed by atoms with Crippen LogP contribution in [0.3, 0.4) is 0 Å². The highest BCUT2D eigenvalue weighted by Gasteiger charge is 2.44. The number of nitrogens with one attached hydrogen (secondary N) is 3. The van der Waals surface area contributed by atoms with Crippen molar-refractivity contribution in [2.75, 3.05) is 26.3 Å². The van der Waals surface area contributed by atoms with Crippen LogP contribution in [0.25, 0.3) is 0 Å². The van der Waals surface area contributed by atoms with E-state index in [2.05, 4.69) is 10.6 Å². The summed E-state index contributed by atoms with van der Waals surface area (Å²) in [6, 6.07) is 12.5. The third-order valence-electron chi connectivity index (χ3n) is 7.48. The van der Waals surface area contributed by atoms with Gasteiger partial charge >= 0.3 is 0 Å². The highest BCUT2D eigenvalue weighted by molar-refractivity contribution is 7.10. The molecule has 2 aliphatic heterocycles. The first-order valence-electron chi connectivity index (χ1n) is 14.3. The van der Waals surface area contributed by atoms with Gasteiger partial charge in [-0.1, -0.05) is 0 Å². The molecular weight excluding hydrogens is 589 g/mol. The normalized spacial score (nSPS) is 19.3. The molecule has 0 bridgehead atoms. The maximum Gasteiger partial charge on any atom is 0.251 e. The fourth-order valence-electron chi connectivity index (χ4n) is 5.14. The summed E-state index contributed by atoms with van der Waals surface area (Å²) in [4.78, 5) is 42.0. The Kier molecular flexibility index (Phi) is 9.88. The number of hydrogen-bond acceptors (Lipinski definition) is 8. The van der Waals surface area contributed by atoms with Gasteiger partial charge in [-0.25, -0.2) is 4.39 Å². The number of hydrogen-bond donors (Lipinski definition) is 4. The van der Waals surface area contributed by atoms with Crippen LogP contribution in [-0.4, -0.2) is 67.1 Å². The zero-order valence-electron chi connectivity index (χ0n) is 24.1. The molecule has 2 aromatic carbocycles. The van der Waals surface area contributed by atoms with E-state index in [4.69, 9.17) is 25.4 Å². The van der Waals surface area contributed by atoms with Crippen molar-refractivity contribution in [3.8, 4) is 11.5 Å². The van der Waals surface area contributed by atoms with Gasteiger partial charge in [0.25, 0.3) is 5.91 Å². The maximum atomic E-state index is 13.5. The predicted octanol–water partition coefficient (Wildman–Crippen LogP) is 3.55. The van der Waals surface area contributed by atoms with Crippen LogP contribution in [0, 0.1) is 17.1 Å². The Hall–Kier alpha value is -4.33. The molecule has 3 aromatic rings. The van der Waals surface area contributed by atoms with Crippen LogP contribution in [0.4, 0.5) is 4.39 Å². The van der Waals surface area contributed by atoms with Crippen molar-refractivity contribution >= 4 is 34.9 Å². The Balaban J connectivity index is 1.21. The summed E-state index contributed by atoms with van der Waals surface area (Å²) in [6.45, 7) is 2.86. The van der Waals surface area contributed by atoms with Gasteiger partial charge < -0.3 is 35.5 Å². The van der Waals surface area contributed by atoms with Crippen molar-refractivity contribution in [3.63, 3.8) is 0 Å². The highest BCUT2D eigenvalue weighted by atomic mass is 32.1. The number of carbonyl (C=O) groups excluding carboxylic acids is 3. The van der Waals surface area contributed by atoms with Crippen molar-refractivity contribution in [1.82, 2.24) is 15.5 Å². The van der Waals surface area contributed by atoms with Crippen LogP contribution < -0.4 is 21.1 Å². The van der Waals surface area contributed by atoms with Crippen LogP contribution in [0.2, 0.25) is 0 Å². The molecule has 0 aliphatic carbocycles. The lowest BCUT2D eigenvalue weighted by Gasteiger charge is -2.28. The molecule has 13 heteroatoms. The SMILES string of the molecule is C[C@@H](NC(=O)[C@@H]1C[C@@H](C2OCCCO2)CN1C(=O)CNC(=O)c1ccc(Oc2ccc(F)cc2)cc1)c1cc(C(=N)N)cs1. The molecule has 11 nitrogen and oxygen atoms in total. The zero-order valence-corrected chi connectivity index (χ0v) is 24.9. The number of likely N-dealkylation sites (tertiary alicyclic amines) is 1. The number of ether oxygens (including phenoxy) is 3. The fourth-order valence-corrected chi connectivity index (χ4v) is 6.06. The Bertz CT molecular complexity index is 1490. The van der Waals surface area contributed by atoms with E-state index in [1.54, 1.807) is 35.7 Å². The van der Waals surface area contributed by atoms with E-state index in [1.165, 1.54) is 40.5 Å². The fraction of sp³-hybridized carbons (Fsp3) is 0.355. The molecule has 0 unspecified atom stereocenters. The summed E-state index contributed by atoms with van der Waals surface area (Å²) in [7, 11) is 0. The van der Waals surface area contributed by atoms with E-state index < -0.39 is 24.1 Å². The van der Waals surface area contributed by atoms with Crippen LogP contribution in [0.1, 0.15) is 46.6 Å². The van der Waals surface area contributed by atoms with Gasteiger partial charge in [0.2, 0.25) is 11.8 Å². The molecule has 44 heavy (non-hydrogen) atoms. The van der Waals surface area contributed by atoms with Gasteiger partial charge in [0.15, 0.2) is 6.29 Å². The standard InChI is InChI=1S/C31H34FN5O6S/c1-18(26-14-21(17-44-26)28(33)34)36-30(40)25-13-20(31-41-11-2-12-42-31)16-37(25)27(38)15-35-29(39)19-3-7-23(8-4-19)43-24-9-5-22(32)6-10-24/h3-10,14,17-18,20,25,31H,2,11-13,15-16H2,1H3,(H3,33,34)(H,35,39)(H,36,40)/t18-,20-,25+/m1/s1. The first kappa shape index (κ1) is 31.1. The number of amidine groups is 1. The summed E-state index contributed by atoms with van der Waals surface area (Å²) in [5, 5.41) is 15.0. The molecule has 2 aliphatic rings. The minimum atomic E-state index is -0.781. The lowest BCUT2D eigenvalue weighted by molar-refractivity contribution is -0.202. The smallest absolute Gasteiger partial charge is 0.251 e. The van der Waals surface area contributed by atoms with Crippen molar-refractivity contribution in [2.24, 2.45) is 11.7 Å². The predicted molar refractivity (Wildman–Crippen MR) is 161 cm³/mol. The Morgan fingerprint density at radius 1 is 1.09 bits per heavy atom. The molecule has 3 atom stereocenters. The molecule has 2 fully saturated rings. The number of rotatable bonds is 10. The van der Waals surface area contributed by atoms with Crippen molar-refractivity contribution in [1.29, 1.82) is 5.41 Å². The largest absolute Gasteiger partial charge is 0.457 e. The number of nitrogen functional groups attached to an aromatic ring is 1. The summed E-state index contributed by atoms with van der Waals surface area (Å²) < 4.78 is 30.4. The third-order valence-corrected chi connectivity index (χ3v) is 8.59. The first-order chi connectivity index (χ1) is 21.2. The summed E-state index contributed by atoms with van der Waals surface area (Å²) in [5.74, 6) is -0.918. The van der Waals surface area contributed by atoms with Crippen LogP contribution in [0.15, 0.2) is 60.0 Å². The molecule has 5 rings (SSSR count). The number of carbonyl (C=O) groups is 3. The van der Waals surface area contributed by atoms with Gasteiger partial charge in [0.05, 0.1) is 25.8 Å². The molecule has 2 saturated heterocycles. The van der Waals surface area contributed by atoms with Crippen molar-refractivity contribution in [3.05, 3.63) is 81.8 Å². The maximum absolute atomic E-state index is 13.5. The van der Waals surface area contributed by atoms with Crippen LogP contribution in [0.5, 0.6) is 11.5 Å². The third kappa shape index (κ3) is 7.59. The van der Waals surface area contributed by atoms with E-state index in [9.17, 15) is 18.8 Å². The van der Waals surface area contributed by atoms with E-state index in [-0.39, 0.29) is 42.6 Å².